The number of amides is 1. The zero-order valence-corrected chi connectivity index (χ0v) is 15.4. The Morgan fingerprint density at radius 3 is 2.20 bits per heavy atom. The third-order valence-electron chi connectivity index (χ3n) is 4.76. The Labute approximate surface area is 154 Å². The molecule has 3 rings (SSSR count). The van der Waals surface area contributed by atoms with Crippen molar-refractivity contribution < 1.29 is 9.59 Å². The minimum atomic E-state index is -0.601. The third kappa shape index (κ3) is 3.20. The summed E-state index contributed by atoms with van der Waals surface area (Å²) in [5.41, 5.74) is 3.03. The van der Waals surface area contributed by atoms with E-state index in [1.165, 1.54) is 5.01 Å². The molecule has 2 aromatic rings. The molecule has 0 fully saturated rings. The molecule has 2 atom stereocenters. The molecule has 4 nitrogen and oxygen atoms in total. The zero-order valence-electron chi connectivity index (χ0n) is 14.6. The standard InChI is InChI=1S/C20H22N2O2.ClH/c1-20(2,3)16(12-23)18-15-10-5-4-8-13(15)14-9-6-7-11-17(14)22(21)19(18)24;/h4-12,16,18H,21H2,1-3H3;1H. The van der Waals surface area contributed by atoms with Crippen LogP contribution in [0.3, 0.4) is 0 Å². The van der Waals surface area contributed by atoms with Crippen molar-refractivity contribution in [3.63, 3.8) is 0 Å². The van der Waals surface area contributed by atoms with Gasteiger partial charge in [-0.2, -0.15) is 0 Å². The van der Waals surface area contributed by atoms with Crippen molar-refractivity contribution in [3.05, 3.63) is 54.1 Å². The number of aldehydes is 1. The highest BCUT2D eigenvalue weighted by Gasteiger charge is 2.42. The summed E-state index contributed by atoms with van der Waals surface area (Å²) >= 11 is 0. The number of nitrogens with two attached hydrogens (primary N) is 1. The number of carbonyl (C=O) groups excluding carboxylic acids is 2. The lowest BCUT2D eigenvalue weighted by Gasteiger charge is -2.33. The smallest absolute Gasteiger partial charge is 0.249 e. The van der Waals surface area contributed by atoms with Crippen molar-refractivity contribution in [2.75, 3.05) is 5.01 Å². The SMILES string of the molecule is CC(C)(C)C(C=O)C1C(=O)N(N)c2ccccc2-c2ccccc21.Cl. The van der Waals surface area contributed by atoms with Gasteiger partial charge in [0, 0.05) is 11.5 Å². The fourth-order valence-electron chi connectivity index (χ4n) is 3.46. The summed E-state index contributed by atoms with van der Waals surface area (Å²) in [6, 6.07) is 15.3. The first-order valence-electron chi connectivity index (χ1n) is 8.08. The molecule has 1 aliphatic rings. The minimum absolute atomic E-state index is 0. The zero-order chi connectivity index (χ0) is 17.5. The van der Waals surface area contributed by atoms with Crippen LogP contribution in [0, 0.1) is 11.3 Å². The summed E-state index contributed by atoms with van der Waals surface area (Å²) in [5.74, 6) is 4.85. The molecule has 2 unspecified atom stereocenters. The number of para-hydroxylation sites is 1. The molecule has 5 heteroatoms. The van der Waals surface area contributed by atoms with Crippen molar-refractivity contribution in [1.29, 1.82) is 0 Å². The van der Waals surface area contributed by atoms with Gasteiger partial charge >= 0.3 is 0 Å². The normalized spacial score (nSPS) is 17.7. The molecule has 1 heterocycles. The number of rotatable bonds is 2. The summed E-state index contributed by atoms with van der Waals surface area (Å²) < 4.78 is 0. The first-order chi connectivity index (χ1) is 11.4. The number of hydrogen-bond acceptors (Lipinski definition) is 3. The summed E-state index contributed by atoms with van der Waals surface area (Å²) in [6.45, 7) is 5.92. The highest BCUT2D eigenvalue weighted by molar-refractivity contribution is 6.05. The van der Waals surface area contributed by atoms with Gasteiger partial charge in [-0.05, 0) is 22.6 Å². The molecule has 0 radical (unpaired) electrons. The number of benzene rings is 2. The topological polar surface area (TPSA) is 63.4 Å². The number of hydrazine groups is 1. The van der Waals surface area contributed by atoms with Gasteiger partial charge in [0.15, 0.2) is 0 Å². The summed E-state index contributed by atoms with van der Waals surface area (Å²) in [7, 11) is 0. The van der Waals surface area contributed by atoms with Crippen LogP contribution in [-0.4, -0.2) is 12.2 Å². The van der Waals surface area contributed by atoms with Gasteiger partial charge < -0.3 is 4.79 Å². The molecule has 0 saturated carbocycles. The van der Waals surface area contributed by atoms with Crippen molar-refractivity contribution in [2.45, 2.75) is 26.7 Å². The van der Waals surface area contributed by atoms with Crippen LogP contribution in [0.1, 0.15) is 32.3 Å². The van der Waals surface area contributed by atoms with Gasteiger partial charge in [-0.1, -0.05) is 63.2 Å². The Balaban J connectivity index is 0.00000225. The number of nitrogens with zero attached hydrogens (tertiary/aromatic N) is 1. The van der Waals surface area contributed by atoms with Crippen molar-refractivity contribution in [2.24, 2.45) is 17.2 Å². The lowest BCUT2D eigenvalue weighted by Crippen LogP contribution is -2.44. The second kappa shape index (κ2) is 6.98. The van der Waals surface area contributed by atoms with Gasteiger partial charge in [-0.25, -0.2) is 10.9 Å². The number of hydrogen-bond donors (Lipinski definition) is 1. The van der Waals surface area contributed by atoms with Crippen LogP contribution in [0.5, 0.6) is 0 Å². The van der Waals surface area contributed by atoms with E-state index < -0.39 is 11.8 Å². The average Bonchev–Trinajstić information content (AvgIpc) is 2.65. The molecule has 2 N–H and O–H groups in total. The van der Waals surface area contributed by atoms with Crippen LogP contribution in [-0.2, 0) is 9.59 Å². The lowest BCUT2D eigenvalue weighted by atomic mass is 9.70. The maximum absolute atomic E-state index is 13.2. The predicted octanol–water partition coefficient (Wildman–Crippen LogP) is 3.94. The number of halogens is 1. The van der Waals surface area contributed by atoms with Crippen LogP contribution in [0.2, 0.25) is 0 Å². The van der Waals surface area contributed by atoms with E-state index in [0.29, 0.717) is 5.69 Å². The first kappa shape index (κ1) is 19.2. The number of carbonyl (C=O) groups is 2. The van der Waals surface area contributed by atoms with Crippen molar-refractivity contribution >= 4 is 30.3 Å². The lowest BCUT2D eigenvalue weighted by molar-refractivity contribution is -0.126. The van der Waals surface area contributed by atoms with E-state index in [1.54, 1.807) is 0 Å². The minimum Gasteiger partial charge on any atom is -0.303 e. The summed E-state index contributed by atoms with van der Waals surface area (Å²) in [5, 5.41) is 1.20. The maximum atomic E-state index is 13.2. The fourth-order valence-corrected chi connectivity index (χ4v) is 3.46. The second-order valence-corrected chi connectivity index (χ2v) is 7.32. The summed E-state index contributed by atoms with van der Waals surface area (Å²) in [6.07, 6.45) is 0.892. The van der Waals surface area contributed by atoms with E-state index in [-0.39, 0.29) is 23.7 Å². The molecule has 25 heavy (non-hydrogen) atoms. The quantitative estimate of drug-likeness (QED) is 0.502. The Morgan fingerprint density at radius 2 is 1.60 bits per heavy atom. The van der Waals surface area contributed by atoms with Crippen LogP contribution < -0.4 is 10.9 Å². The van der Waals surface area contributed by atoms with E-state index in [1.807, 2.05) is 69.3 Å². The van der Waals surface area contributed by atoms with Crippen molar-refractivity contribution in [3.8, 4) is 11.1 Å². The van der Waals surface area contributed by atoms with Crippen molar-refractivity contribution in [1.82, 2.24) is 0 Å². The molecule has 1 aliphatic heterocycles. The van der Waals surface area contributed by atoms with Gasteiger partial charge in [0.1, 0.15) is 6.29 Å². The molecule has 132 valence electrons. The first-order valence-corrected chi connectivity index (χ1v) is 8.08. The predicted molar refractivity (Wildman–Crippen MR) is 103 cm³/mol. The van der Waals surface area contributed by atoms with Crippen LogP contribution >= 0.6 is 12.4 Å². The van der Waals surface area contributed by atoms with Gasteiger partial charge in [0.05, 0.1) is 11.6 Å². The van der Waals surface area contributed by atoms with Gasteiger partial charge in [0.2, 0.25) is 5.91 Å². The maximum Gasteiger partial charge on any atom is 0.249 e. The van der Waals surface area contributed by atoms with Gasteiger partial charge in [-0.3, -0.25) is 4.79 Å². The molecule has 0 aromatic heterocycles. The summed E-state index contributed by atoms with van der Waals surface area (Å²) in [4.78, 5) is 25.0. The van der Waals surface area contributed by atoms with Crippen LogP contribution in [0.25, 0.3) is 11.1 Å². The molecule has 1 amide bonds. The van der Waals surface area contributed by atoms with E-state index in [0.717, 1.165) is 23.0 Å². The largest absolute Gasteiger partial charge is 0.303 e. The Morgan fingerprint density at radius 1 is 1.04 bits per heavy atom. The number of fused-ring (bicyclic) bond motifs is 3. The van der Waals surface area contributed by atoms with Gasteiger partial charge in [0.25, 0.3) is 0 Å². The molecule has 0 bridgehead atoms. The third-order valence-corrected chi connectivity index (χ3v) is 4.76. The second-order valence-electron chi connectivity index (χ2n) is 7.32. The molecular formula is C20H23ClN2O2. The fraction of sp³-hybridized carbons (Fsp3) is 0.300. The van der Waals surface area contributed by atoms with E-state index in [4.69, 9.17) is 5.84 Å². The van der Waals surface area contributed by atoms with E-state index in [2.05, 4.69) is 0 Å². The van der Waals surface area contributed by atoms with Crippen LogP contribution in [0.4, 0.5) is 5.69 Å². The average molecular weight is 359 g/mol. The monoisotopic (exact) mass is 358 g/mol. The molecule has 0 spiro atoms. The Bertz CT molecular complexity index is 798. The van der Waals surface area contributed by atoms with E-state index in [9.17, 15) is 9.59 Å². The highest BCUT2D eigenvalue weighted by atomic mass is 35.5. The molecule has 2 aromatic carbocycles. The van der Waals surface area contributed by atoms with Crippen LogP contribution in [0.15, 0.2) is 48.5 Å². The molecule has 0 saturated heterocycles. The van der Waals surface area contributed by atoms with Gasteiger partial charge in [-0.15, -0.1) is 12.4 Å². The highest BCUT2D eigenvalue weighted by Crippen LogP contribution is 2.45. The Kier molecular flexibility index (Phi) is 5.35. The molecular weight excluding hydrogens is 336 g/mol. The number of anilines is 1. The molecule has 0 aliphatic carbocycles. The Hall–Kier alpha value is -2.17. The van der Waals surface area contributed by atoms with E-state index >= 15 is 0 Å².